The van der Waals surface area contributed by atoms with E-state index in [0.29, 0.717) is 19.1 Å². The summed E-state index contributed by atoms with van der Waals surface area (Å²) >= 11 is 0. The number of carbonyl (C=O) groups excluding carboxylic acids is 1. The van der Waals surface area contributed by atoms with Gasteiger partial charge in [-0.05, 0) is 30.9 Å². The van der Waals surface area contributed by atoms with Crippen LogP contribution in [0.1, 0.15) is 19.3 Å². The minimum Gasteiger partial charge on any atom is -0.379 e. The number of rotatable bonds is 5. The zero-order valence-electron chi connectivity index (χ0n) is 14.2. The highest BCUT2D eigenvalue weighted by Gasteiger charge is 2.34. The van der Waals surface area contributed by atoms with Crippen LogP contribution < -0.4 is 16.0 Å². The second-order valence-electron chi connectivity index (χ2n) is 6.49. The Morgan fingerprint density at radius 1 is 1.23 bits per heavy atom. The molecule has 3 N–H and O–H groups in total. The lowest BCUT2D eigenvalue weighted by molar-refractivity contribution is -0.115. The van der Waals surface area contributed by atoms with Crippen LogP contribution in [-0.4, -0.2) is 44.3 Å². The normalized spacial score (nSPS) is 25.6. The molecule has 0 spiro atoms. The Kier molecular flexibility index (Phi) is 7.69. The van der Waals surface area contributed by atoms with E-state index >= 15 is 0 Å². The maximum Gasteiger partial charge on any atom is 0.238 e. The van der Waals surface area contributed by atoms with Crippen molar-refractivity contribution in [2.45, 2.75) is 31.3 Å². The number of ether oxygens (including phenoxy) is 1. The minimum absolute atomic E-state index is 0. The molecule has 26 heavy (non-hydrogen) atoms. The summed E-state index contributed by atoms with van der Waals surface area (Å²) in [5, 5.41) is 8.91. The van der Waals surface area contributed by atoms with Gasteiger partial charge in [0, 0.05) is 18.6 Å². The van der Waals surface area contributed by atoms with Crippen molar-refractivity contribution in [2.75, 3.05) is 31.6 Å². The van der Waals surface area contributed by atoms with E-state index in [4.69, 9.17) is 4.74 Å². The van der Waals surface area contributed by atoms with Crippen LogP contribution in [0.4, 0.5) is 18.9 Å². The lowest BCUT2D eigenvalue weighted by Crippen LogP contribution is -2.51. The third kappa shape index (κ3) is 4.88. The summed E-state index contributed by atoms with van der Waals surface area (Å²) in [7, 11) is 0. The second kappa shape index (κ2) is 9.55. The van der Waals surface area contributed by atoms with E-state index < -0.39 is 23.4 Å². The monoisotopic (exact) mass is 393 g/mol. The third-order valence-electron chi connectivity index (χ3n) is 4.87. The van der Waals surface area contributed by atoms with Crippen LogP contribution in [0.15, 0.2) is 12.1 Å². The fourth-order valence-corrected chi connectivity index (χ4v) is 3.63. The quantitative estimate of drug-likeness (QED) is 0.671. The zero-order valence-corrected chi connectivity index (χ0v) is 15.0. The highest BCUT2D eigenvalue weighted by molar-refractivity contribution is 5.92. The molecule has 1 aromatic rings. The van der Waals surface area contributed by atoms with Gasteiger partial charge in [-0.15, -0.1) is 12.4 Å². The van der Waals surface area contributed by atoms with Crippen LogP contribution in [0.25, 0.3) is 0 Å². The smallest absolute Gasteiger partial charge is 0.238 e. The highest BCUT2D eigenvalue weighted by atomic mass is 35.5. The third-order valence-corrected chi connectivity index (χ3v) is 4.87. The summed E-state index contributed by atoms with van der Waals surface area (Å²) in [6.45, 7) is 2.18. The lowest BCUT2D eigenvalue weighted by Gasteiger charge is -2.32. The fraction of sp³-hybridized carbons (Fsp3) is 0.588. The van der Waals surface area contributed by atoms with Crippen molar-refractivity contribution in [3.05, 3.63) is 29.6 Å². The van der Waals surface area contributed by atoms with Gasteiger partial charge in [0.1, 0.15) is 0 Å². The topological polar surface area (TPSA) is 62.4 Å². The predicted molar refractivity (Wildman–Crippen MR) is 93.9 cm³/mol. The first-order chi connectivity index (χ1) is 12.1. The standard InChI is InChI=1S/C17H22F3N3O2.ClH/c18-11-4-5-13(17(20)16(11)19)23-15(24)8-22-12-3-1-2-10(12)14-9-25-7-6-21-14;/h4-5,10,12,14,21-22H,1-3,6-9H2,(H,23,24);1H. The molecule has 146 valence electrons. The molecular formula is C17H23ClF3N3O2. The first-order valence-corrected chi connectivity index (χ1v) is 8.54. The van der Waals surface area contributed by atoms with Crippen LogP contribution >= 0.6 is 12.4 Å². The van der Waals surface area contributed by atoms with Gasteiger partial charge in [0.2, 0.25) is 5.91 Å². The summed E-state index contributed by atoms with van der Waals surface area (Å²) < 4.78 is 45.2. The molecule has 5 nitrogen and oxygen atoms in total. The molecule has 3 unspecified atom stereocenters. The summed E-state index contributed by atoms with van der Waals surface area (Å²) in [5.41, 5.74) is -0.365. The fourth-order valence-electron chi connectivity index (χ4n) is 3.63. The summed E-state index contributed by atoms with van der Waals surface area (Å²) in [5.74, 6) is -4.40. The Labute approximate surface area is 156 Å². The van der Waals surface area contributed by atoms with E-state index in [1.54, 1.807) is 0 Å². The largest absolute Gasteiger partial charge is 0.379 e. The molecule has 0 aromatic heterocycles. The average Bonchev–Trinajstić information content (AvgIpc) is 3.10. The van der Waals surface area contributed by atoms with E-state index in [0.717, 1.165) is 37.9 Å². The number of carbonyl (C=O) groups is 1. The maximum atomic E-state index is 13.6. The average molecular weight is 394 g/mol. The van der Waals surface area contributed by atoms with Crippen LogP contribution in [0.3, 0.4) is 0 Å². The van der Waals surface area contributed by atoms with Gasteiger partial charge in [-0.2, -0.15) is 0 Å². The zero-order chi connectivity index (χ0) is 17.8. The molecule has 9 heteroatoms. The van der Waals surface area contributed by atoms with Gasteiger partial charge in [0.05, 0.1) is 25.4 Å². The summed E-state index contributed by atoms with van der Waals surface area (Å²) in [6.07, 6.45) is 3.08. The molecule has 3 atom stereocenters. The molecule has 1 aliphatic carbocycles. The molecule has 1 aliphatic heterocycles. The summed E-state index contributed by atoms with van der Waals surface area (Å²) in [6, 6.07) is 2.22. The highest BCUT2D eigenvalue weighted by Crippen LogP contribution is 2.29. The van der Waals surface area contributed by atoms with Gasteiger partial charge in [-0.1, -0.05) is 6.42 Å². The number of benzene rings is 1. The van der Waals surface area contributed by atoms with E-state index in [2.05, 4.69) is 16.0 Å². The molecule has 1 heterocycles. The van der Waals surface area contributed by atoms with Gasteiger partial charge >= 0.3 is 0 Å². The van der Waals surface area contributed by atoms with Crippen molar-refractivity contribution < 1.29 is 22.7 Å². The van der Waals surface area contributed by atoms with Crippen molar-refractivity contribution in [3.8, 4) is 0 Å². The number of amides is 1. The molecule has 2 fully saturated rings. The van der Waals surface area contributed by atoms with E-state index in [-0.39, 0.29) is 36.7 Å². The number of hydrogen-bond donors (Lipinski definition) is 3. The van der Waals surface area contributed by atoms with Crippen molar-refractivity contribution in [1.29, 1.82) is 0 Å². The Balaban J connectivity index is 0.00000243. The Morgan fingerprint density at radius 2 is 2.04 bits per heavy atom. The van der Waals surface area contributed by atoms with Crippen LogP contribution in [0.2, 0.25) is 0 Å². The second-order valence-corrected chi connectivity index (χ2v) is 6.49. The van der Waals surface area contributed by atoms with Crippen molar-refractivity contribution in [3.63, 3.8) is 0 Å². The molecule has 1 amide bonds. The SMILES string of the molecule is Cl.O=C(CNC1CCCC1C1COCCN1)Nc1ccc(F)c(F)c1F. The lowest BCUT2D eigenvalue weighted by atomic mass is 9.94. The first kappa shape index (κ1) is 21.0. The van der Waals surface area contributed by atoms with Crippen molar-refractivity contribution in [1.82, 2.24) is 10.6 Å². The predicted octanol–water partition coefficient (Wildman–Crippen LogP) is 2.21. The van der Waals surface area contributed by atoms with Crippen molar-refractivity contribution >= 4 is 24.0 Å². The number of morpholine rings is 1. The number of halogens is 4. The number of hydrogen-bond acceptors (Lipinski definition) is 4. The van der Waals surface area contributed by atoms with Gasteiger partial charge in [0.25, 0.3) is 0 Å². The molecule has 1 aromatic carbocycles. The minimum atomic E-state index is -1.59. The molecule has 1 saturated carbocycles. The van der Waals surface area contributed by atoms with E-state index in [9.17, 15) is 18.0 Å². The van der Waals surface area contributed by atoms with Gasteiger partial charge in [0.15, 0.2) is 17.5 Å². The van der Waals surface area contributed by atoms with Gasteiger partial charge in [-0.3, -0.25) is 4.79 Å². The molecule has 0 bridgehead atoms. The summed E-state index contributed by atoms with van der Waals surface area (Å²) in [4.78, 5) is 12.0. The molecule has 1 saturated heterocycles. The van der Waals surface area contributed by atoms with Gasteiger partial charge in [-0.25, -0.2) is 13.2 Å². The van der Waals surface area contributed by atoms with Crippen LogP contribution in [0, 0.1) is 23.4 Å². The molecular weight excluding hydrogens is 371 g/mol. The van der Waals surface area contributed by atoms with Crippen molar-refractivity contribution in [2.24, 2.45) is 5.92 Å². The number of anilines is 1. The molecule has 0 radical (unpaired) electrons. The van der Waals surface area contributed by atoms with Crippen LogP contribution in [0.5, 0.6) is 0 Å². The Bertz CT molecular complexity index is 630. The molecule has 3 rings (SSSR count). The van der Waals surface area contributed by atoms with Crippen LogP contribution in [-0.2, 0) is 9.53 Å². The number of nitrogens with one attached hydrogen (secondary N) is 3. The van der Waals surface area contributed by atoms with E-state index in [1.165, 1.54) is 0 Å². The molecule has 2 aliphatic rings. The Hall–Kier alpha value is -1.35. The van der Waals surface area contributed by atoms with Gasteiger partial charge < -0.3 is 20.7 Å². The first-order valence-electron chi connectivity index (χ1n) is 8.54. The van der Waals surface area contributed by atoms with E-state index in [1.807, 2.05) is 0 Å². The maximum absolute atomic E-state index is 13.6. The Morgan fingerprint density at radius 3 is 2.77 bits per heavy atom.